The number of phenols is 1. The largest absolute Gasteiger partial charge is 0.508 e. The highest BCUT2D eigenvalue weighted by molar-refractivity contribution is 5.93. The van der Waals surface area contributed by atoms with E-state index in [0.29, 0.717) is 43.2 Å². The third kappa shape index (κ3) is 15.5. The minimum atomic E-state index is -1.50. The first kappa shape index (κ1) is 62.2. The maximum atomic E-state index is 14.5. The molecule has 78 heavy (non-hydrogen) atoms. The molecule has 1 aromatic rings. The number of esters is 1. The van der Waals surface area contributed by atoms with Crippen LogP contribution in [-0.2, 0) is 44.7 Å². The number of cyclic esters (lactones) is 1. The summed E-state index contributed by atoms with van der Waals surface area (Å²) in [6, 6.07) is 2.78. The van der Waals surface area contributed by atoms with Gasteiger partial charge in [0, 0.05) is 68.2 Å². The Bertz CT molecular complexity index is 2340. The van der Waals surface area contributed by atoms with Gasteiger partial charge in [-0.1, -0.05) is 84.1 Å². The van der Waals surface area contributed by atoms with Crippen LogP contribution in [0.25, 0.3) is 0 Å². The lowest BCUT2D eigenvalue weighted by atomic mass is 9.55. The summed E-state index contributed by atoms with van der Waals surface area (Å²) in [5.74, 6) is -6.23. The van der Waals surface area contributed by atoms with Crippen LogP contribution in [0.3, 0.4) is 0 Å². The number of phenolic OH excluding ortho intramolecular Hbond substituents is 1. The highest BCUT2D eigenvalue weighted by atomic mass is 16.5. The zero-order valence-corrected chi connectivity index (χ0v) is 46.9. The van der Waals surface area contributed by atoms with Gasteiger partial charge in [-0.15, -0.1) is 0 Å². The minimum Gasteiger partial charge on any atom is -0.508 e. The topological polar surface area (TPSA) is 294 Å². The summed E-state index contributed by atoms with van der Waals surface area (Å²) in [4.78, 5) is 82.1. The van der Waals surface area contributed by atoms with Crippen LogP contribution in [-0.4, -0.2) is 144 Å². The third-order valence-corrected chi connectivity index (χ3v) is 17.4. The van der Waals surface area contributed by atoms with E-state index in [1.165, 1.54) is 37.1 Å². The zero-order chi connectivity index (χ0) is 57.2. The zero-order valence-electron chi connectivity index (χ0n) is 46.9. The van der Waals surface area contributed by atoms with Gasteiger partial charge < -0.3 is 60.9 Å². The molecule has 1 aromatic carbocycles. The van der Waals surface area contributed by atoms with E-state index < -0.39 is 108 Å². The number of amides is 4. The van der Waals surface area contributed by atoms with Gasteiger partial charge in [0.05, 0.1) is 42.5 Å². The van der Waals surface area contributed by atoms with E-state index in [0.717, 1.165) is 19.3 Å². The van der Waals surface area contributed by atoms with E-state index in [2.05, 4.69) is 21.4 Å². The van der Waals surface area contributed by atoms with E-state index in [1.54, 1.807) is 39.0 Å². The quantitative estimate of drug-likeness (QED) is 0.0676. The number of benzene rings is 1. The Morgan fingerprint density at radius 3 is 2.38 bits per heavy atom. The molecule has 4 fully saturated rings. The molecule has 10 N–H and O–H groups in total. The molecule has 3 saturated heterocycles. The molecule has 434 valence electrons. The fourth-order valence-corrected chi connectivity index (χ4v) is 12.0. The Hall–Kier alpha value is -5.02. The monoisotopic (exact) mass is 1090 g/mol. The smallest absolute Gasteiger partial charge is 0.325 e. The summed E-state index contributed by atoms with van der Waals surface area (Å²) < 4.78 is 12.8. The molecular weight excluding hydrogens is 1000 g/mol. The maximum Gasteiger partial charge on any atom is 0.325 e. The number of allylic oxidation sites excluding steroid dienone is 3. The summed E-state index contributed by atoms with van der Waals surface area (Å²) in [5.41, 5.74) is 3.31. The van der Waals surface area contributed by atoms with Crippen LogP contribution in [0.1, 0.15) is 138 Å². The second-order valence-electron chi connectivity index (χ2n) is 23.5. The number of nitrogens with zero attached hydrogens (tertiary/aromatic N) is 1. The molecular formula is C59H89N5O14. The van der Waals surface area contributed by atoms with Crippen molar-refractivity contribution in [1.29, 1.82) is 0 Å². The van der Waals surface area contributed by atoms with Crippen molar-refractivity contribution < 1.29 is 68.9 Å². The van der Waals surface area contributed by atoms with Crippen LogP contribution in [0.4, 0.5) is 0 Å². The lowest BCUT2D eigenvalue weighted by Gasteiger charge is -2.65. The number of carbonyl (C=O) groups is 6. The predicted molar refractivity (Wildman–Crippen MR) is 290 cm³/mol. The number of aliphatic hydroxyl groups is 5. The molecule has 4 amide bonds. The van der Waals surface area contributed by atoms with Gasteiger partial charge in [0.1, 0.15) is 41.5 Å². The molecule has 0 aromatic heterocycles. The number of hydrogen-bond donors (Lipinski definition) is 10. The number of hydrazine groups is 1. The normalized spacial score (nSPS) is 36.1. The van der Waals surface area contributed by atoms with Crippen molar-refractivity contribution in [2.45, 2.75) is 205 Å². The first-order valence-corrected chi connectivity index (χ1v) is 28.5. The maximum absolute atomic E-state index is 14.5. The molecule has 19 nitrogen and oxygen atoms in total. The van der Waals surface area contributed by atoms with Crippen LogP contribution in [0.5, 0.6) is 5.75 Å². The van der Waals surface area contributed by atoms with Gasteiger partial charge in [0.25, 0.3) is 5.91 Å². The standard InChI is InChI=1S/C59H89N5O14/c1-9-39-28-40-29-44-53(71)37(8)50(78-59(40,44)62-54(39)72)31-47(68)33(4)16-11-10-12-17-34(5)49-22-14-20-42(67)30-48(69)36(7)52(70)43(24-23-35(6)65)55(73)61-51(32(2)3)56(74)60-46(27-38-18-13-19-41(66)26-38)57(75)64-25-15-21-45(63-64)58(76)77-49/h10,12-14,17-20,26,32-33,36-37,39-40,42-53,63,66-71H,9,11,15-16,21-25,27-31H2,1-8H3,(H,60,74)(H,61,73)(H,62,72)/b12-10+,20-14+,34-17+/t33-,36-,37-,39-,40+,42?,43+,44-,45?,46-,47-,48-,49-,50-,51-,52+,53-,59+/m0/s1. The molecule has 1 spiro atoms. The Labute approximate surface area is 460 Å². The van der Waals surface area contributed by atoms with Gasteiger partial charge in [-0.25, -0.2) is 5.43 Å². The van der Waals surface area contributed by atoms with Gasteiger partial charge in [0.15, 0.2) is 0 Å². The average Bonchev–Trinajstić information content (AvgIpc) is 3.58. The Morgan fingerprint density at radius 1 is 0.949 bits per heavy atom. The van der Waals surface area contributed by atoms with Gasteiger partial charge >= 0.3 is 5.97 Å². The summed E-state index contributed by atoms with van der Waals surface area (Å²) in [6.07, 6.45) is 6.15. The number of nitrogens with one attached hydrogen (secondary N) is 4. The molecule has 4 aliphatic heterocycles. The molecule has 5 aliphatic rings. The van der Waals surface area contributed by atoms with E-state index in [9.17, 15) is 59.4 Å². The van der Waals surface area contributed by atoms with Crippen LogP contribution in [0.2, 0.25) is 0 Å². The average molecular weight is 1090 g/mol. The number of hydrogen-bond acceptors (Lipinski definition) is 15. The summed E-state index contributed by atoms with van der Waals surface area (Å²) in [7, 11) is 0. The van der Waals surface area contributed by atoms with Crippen LogP contribution >= 0.6 is 0 Å². The highest BCUT2D eigenvalue weighted by Crippen LogP contribution is 2.57. The fraction of sp³-hybridized carbons (Fsp3) is 0.695. The van der Waals surface area contributed by atoms with Crippen molar-refractivity contribution in [2.24, 2.45) is 47.3 Å². The van der Waals surface area contributed by atoms with Crippen molar-refractivity contribution in [2.75, 3.05) is 6.54 Å². The Morgan fingerprint density at radius 2 is 1.69 bits per heavy atom. The lowest BCUT2D eigenvalue weighted by molar-refractivity contribution is -0.320. The van der Waals surface area contributed by atoms with Gasteiger partial charge in [-0.2, -0.15) is 0 Å². The number of ketones is 1. The highest BCUT2D eigenvalue weighted by Gasteiger charge is 2.67. The Kier molecular flexibility index (Phi) is 22.3. The van der Waals surface area contributed by atoms with Gasteiger partial charge in [-0.3, -0.25) is 29.0 Å². The molecule has 18 atom stereocenters. The van der Waals surface area contributed by atoms with Gasteiger partial charge in [-0.05, 0) is 100 Å². The predicted octanol–water partition coefficient (Wildman–Crippen LogP) is 3.97. The molecule has 1 saturated carbocycles. The van der Waals surface area contributed by atoms with Crippen molar-refractivity contribution in [1.82, 2.24) is 26.4 Å². The number of carbonyl (C=O) groups excluding carboxylic acids is 6. The molecule has 0 radical (unpaired) electrons. The summed E-state index contributed by atoms with van der Waals surface area (Å²) in [6.45, 7) is 14.2. The van der Waals surface area contributed by atoms with Crippen LogP contribution in [0.15, 0.2) is 60.2 Å². The lowest BCUT2D eigenvalue weighted by Crippen LogP contribution is -2.78. The van der Waals surface area contributed by atoms with Crippen molar-refractivity contribution in [3.63, 3.8) is 0 Å². The number of rotatable bonds is 15. The second-order valence-corrected chi connectivity index (χ2v) is 23.5. The molecule has 6 rings (SSSR count). The van der Waals surface area contributed by atoms with E-state index in [1.807, 2.05) is 39.0 Å². The minimum absolute atomic E-state index is 0.0389. The Balaban J connectivity index is 1.18. The number of aliphatic hydroxyl groups excluding tert-OH is 5. The van der Waals surface area contributed by atoms with Crippen LogP contribution in [0, 0.1) is 47.3 Å². The SMILES string of the molecule is CC[C@H]1C[C@@H]2C[C@H]3[C@@H](O)[C@@H](C)[C@H](C[C@H](O)[C@@H](C)CC/C=C/C=C(\C)[C@@H]4C/C=C/C(O)C[C@H](O)[C@H](C)[C@@H](O)[C@@H](CCC(C)=O)C(=O)N[C@@H](C(C)C)C(=O)N[C@@H](Cc5cccc(O)c5)C(=O)N5CCCC(N5)C(=O)O4)O[C@]23NC1=O. The number of ether oxygens (including phenoxy) is 2. The number of fused-ring (bicyclic) bond motifs is 2. The molecule has 19 heteroatoms. The third-order valence-electron chi connectivity index (χ3n) is 17.4. The summed E-state index contributed by atoms with van der Waals surface area (Å²) >= 11 is 0. The molecule has 2 bridgehead atoms. The van der Waals surface area contributed by atoms with Gasteiger partial charge in [0.2, 0.25) is 17.7 Å². The van der Waals surface area contributed by atoms with Crippen molar-refractivity contribution >= 4 is 35.4 Å². The molecule has 1 aliphatic carbocycles. The van der Waals surface area contributed by atoms with Crippen LogP contribution < -0.4 is 21.4 Å². The summed E-state index contributed by atoms with van der Waals surface area (Å²) in [5, 5.41) is 77.1. The molecule has 2 unspecified atom stereocenters. The van der Waals surface area contributed by atoms with E-state index in [4.69, 9.17) is 9.47 Å². The first-order valence-electron chi connectivity index (χ1n) is 28.5. The molecule has 4 heterocycles. The van der Waals surface area contributed by atoms with E-state index in [-0.39, 0.29) is 85.7 Å². The van der Waals surface area contributed by atoms with Crippen molar-refractivity contribution in [3.8, 4) is 5.75 Å². The number of Topliss-reactive ketones (excluding diaryl/α,β-unsaturated/α-hetero) is 1. The fourth-order valence-electron chi connectivity index (χ4n) is 12.0. The number of aromatic hydroxyl groups is 1. The second kappa shape index (κ2) is 27.9. The number of piperidine rings is 1. The van der Waals surface area contributed by atoms with Crippen molar-refractivity contribution in [3.05, 3.63) is 65.8 Å². The van der Waals surface area contributed by atoms with E-state index >= 15 is 0 Å². The first-order chi connectivity index (χ1) is 36.9.